The highest BCUT2D eigenvalue weighted by molar-refractivity contribution is 7.99. The number of oxazole rings is 1. The molecule has 7 atom stereocenters. The van der Waals surface area contributed by atoms with Gasteiger partial charge in [0.05, 0.1) is 23.7 Å². The second-order valence-corrected chi connectivity index (χ2v) is 13.3. The molecule has 4 aliphatic rings. The third-order valence-electron chi connectivity index (χ3n) is 10.7. The molecule has 200 valence electrons. The molecule has 7 rings (SSSR count). The highest BCUT2D eigenvalue weighted by Crippen LogP contribution is 2.67. The fourth-order valence-corrected chi connectivity index (χ4v) is 9.63. The van der Waals surface area contributed by atoms with Crippen LogP contribution in [0.1, 0.15) is 57.2 Å². The van der Waals surface area contributed by atoms with E-state index in [1.807, 2.05) is 24.9 Å². The number of carbonyl (C=O) groups is 1. The summed E-state index contributed by atoms with van der Waals surface area (Å²) >= 11 is 1.21. The molecule has 8 nitrogen and oxygen atoms in total. The fraction of sp³-hybridized carbons (Fsp3) is 0.586. The molecule has 3 aromatic heterocycles. The Labute approximate surface area is 225 Å². The first-order chi connectivity index (χ1) is 18.1. The Bertz CT molecular complexity index is 1450. The maximum Gasteiger partial charge on any atom is 0.258 e. The van der Waals surface area contributed by atoms with Crippen LogP contribution < -0.4 is 0 Å². The number of aromatic nitrogens is 4. The van der Waals surface area contributed by atoms with Crippen LogP contribution in [0.5, 0.6) is 0 Å². The summed E-state index contributed by atoms with van der Waals surface area (Å²) in [4.78, 5) is 22.2. The average Bonchev–Trinajstić information content (AvgIpc) is 3.54. The summed E-state index contributed by atoms with van der Waals surface area (Å²) in [6.07, 6.45) is 9.85. The number of nitrogens with zero attached hydrogens (tertiary/aromatic N) is 4. The highest BCUT2D eigenvalue weighted by atomic mass is 32.2. The number of hydrogen-bond acceptors (Lipinski definition) is 8. The molecule has 3 heterocycles. The van der Waals surface area contributed by atoms with E-state index in [9.17, 15) is 15.0 Å². The summed E-state index contributed by atoms with van der Waals surface area (Å²) in [5, 5.41) is 28.6. The standard InChI is InChI=1S/C29H34N4O4S/c1-27-12-16-14-31-33(3)20(16)11-17(27)6-7-18-19-8-9-29(36,28(19,2)13-21(34)24(18)27)23(35)15-38-26-32-25-22(37-26)5-4-10-30-25/h4-5,10-11,14,18-19,21,24,34,36H,6-9,12-13,15H2,1-3H3/t18?,19?,21?,24?,27?,28?,29-/m0/s1. The molecule has 4 aliphatic carbocycles. The number of thioether (sulfide) groups is 1. The number of aliphatic hydroxyl groups excluding tert-OH is 1. The van der Waals surface area contributed by atoms with E-state index in [1.165, 1.54) is 28.6 Å². The lowest BCUT2D eigenvalue weighted by Gasteiger charge is -2.60. The van der Waals surface area contributed by atoms with Crippen molar-refractivity contribution in [2.45, 2.75) is 69.3 Å². The Hall–Kier alpha value is -2.49. The smallest absolute Gasteiger partial charge is 0.258 e. The second-order valence-electron chi connectivity index (χ2n) is 12.4. The number of ketones is 1. The average molecular weight is 535 g/mol. The molecule has 0 aliphatic heterocycles. The van der Waals surface area contributed by atoms with E-state index in [0.717, 1.165) is 25.7 Å². The first-order valence-corrected chi connectivity index (χ1v) is 14.6. The number of Topliss-reactive ketones (excluding diaryl/α,β-unsaturated/α-hetero) is 1. The number of fused-ring (bicyclic) bond motifs is 7. The van der Waals surface area contributed by atoms with Crippen molar-refractivity contribution in [1.29, 1.82) is 0 Å². The number of aryl methyl sites for hydroxylation is 1. The van der Waals surface area contributed by atoms with Crippen LogP contribution in [-0.4, -0.2) is 53.2 Å². The van der Waals surface area contributed by atoms with Crippen molar-refractivity contribution in [1.82, 2.24) is 19.7 Å². The molecule has 38 heavy (non-hydrogen) atoms. The van der Waals surface area contributed by atoms with Crippen LogP contribution in [0.3, 0.4) is 0 Å². The third-order valence-corrected chi connectivity index (χ3v) is 11.5. The first-order valence-electron chi connectivity index (χ1n) is 13.6. The van der Waals surface area contributed by atoms with Gasteiger partial charge >= 0.3 is 0 Å². The van der Waals surface area contributed by atoms with E-state index in [-0.39, 0.29) is 34.7 Å². The van der Waals surface area contributed by atoms with E-state index in [2.05, 4.69) is 28.1 Å². The monoisotopic (exact) mass is 534 g/mol. The summed E-state index contributed by atoms with van der Waals surface area (Å²) in [5.74, 6) is 0.435. The van der Waals surface area contributed by atoms with E-state index in [4.69, 9.17) is 4.42 Å². The quantitative estimate of drug-likeness (QED) is 0.479. The van der Waals surface area contributed by atoms with Crippen molar-refractivity contribution in [3.05, 3.63) is 41.4 Å². The minimum Gasteiger partial charge on any atom is -0.430 e. The van der Waals surface area contributed by atoms with Gasteiger partial charge in [-0.2, -0.15) is 10.1 Å². The molecule has 0 radical (unpaired) electrons. The van der Waals surface area contributed by atoms with Crippen LogP contribution in [0.15, 0.2) is 39.7 Å². The van der Waals surface area contributed by atoms with Gasteiger partial charge < -0.3 is 14.6 Å². The van der Waals surface area contributed by atoms with Gasteiger partial charge in [0, 0.05) is 18.7 Å². The van der Waals surface area contributed by atoms with Crippen LogP contribution in [-0.2, 0) is 18.3 Å². The number of allylic oxidation sites excluding steroid dienone is 1. The molecule has 3 saturated carbocycles. The Morgan fingerprint density at radius 1 is 1.32 bits per heavy atom. The summed E-state index contributed by atoms with van der Waals surface area (Å²) < 4.78 is 7.67. The lowest BCUT2D eigenvalue weighted by atomic mass is 9.45. The number of pyridine rings is 1. The van der Waals surface area contributed by atoms with Gasteiger partial charge in [0.2, 0.25) is 0 Å². The molecule has 9 heteroatoms. The molecular formula is C29H34N4O4S. The molecule has 0 bridgehead atoms. The van der Waals surface area contributed by atoms with Gasteiger partial charge in [-0.05, 0) is 85.5 Å². The summed E-state index contributed by atoms with van der Waals surface area (Å²) in [6, 6.07) is 3.58. The minimum absolute atomic E-state index is 0.0736. The molecule has 3 fully saturated rings. The number of carbonyl (C=O) groups excluding carboxylic acids is 1. The summed E-state index contributed by atoms with van der Waals surface area (Å²) in [6.45, 7) is 4.36. The van der Waals surface area contributed by atoms with Crippen LogP contribution in [0, 0.1) is 28.6 Å². The second kappa shape index (κ2) is 8.26. The number of hydrogen-bond donors (Lipinski definition) is 2. The van der Waals surface area contributed by atoms with Gasteiger partial charge in [-0.15, -0.1) is 0 Å². The molecule has 0 spiro atoms. The Kier molecular flexibility index (Phi) is 5.33. The Morgan fingerprint density at radius 3 is 2.97 bits per heavy atom. The minimum atomic E-state index is -1.47. The van der Waals surface area contributed by atoms with Crippen molar-refractivity contribution in [3.63, 3.8) is 0 Å². The highest BCUT2D eigenvalue weighted by Gasteiger charge is 2.68. The van der Waals surface area contributed by atoms with Crippen LogP contribution in [0.25, 0.3) is 17.3 Å². The van der Waals surface area contributed by atoms with Gasteiger partial charge in [0.25, 0.3) is 5.22 Å². The maximum atomic E-state index is 13.7. The topological polar surface area (TPSA) is 114 Å². The van der Waals surface area contributed by atoms with Crippen molar-refractivity contribution in [3.8, 4) is 0 Å². The third kappa shape index (κ3) is 3.24. The molecule has 2 N–H and O–H groups in total. The Morgan fingerprint density at radius 2 is 2.16 bits per heavy atom. The van der Waals surface area contributed by atoms with Crippen LogP contribution in [0.4, 0.5) is 0 Å². The van der Waals surface area contributed by atoms with Crippen molar-refractivity contribution >= 4 is 34.9 Å². The zero-order chi connectivity index (χ0) is 26.4. The number of rotatable bonds is 4. The van der Waals surface area contributed by atoms with Crippen LogP contribution in [0.2, 0.25) is 0 Å². The largest absolute Gasteiger partial charge is 0.430 e. The SMILES string of the molecule is Cn1ncc2c1C=C1CCC3C(C(O)CC4(C)C3CC[C@]4(O)C(=O)CSc3nc4ncccc4o3)C1(C)C2. The van der Waals surface area contributed by atoms with E-state index >= 15 is 0 Å². The zero-order valence-corrected chi connectivity index (χ0v) is 22.9. The van der Waals surface area contributed by atoms with E-state index in [0.29, 0.717) is 29.3 Å². The normalized spacial score (nSPS) is 37.8. The predicted molar refractivity (Wildman–Crippen MR) is 143 cm³/mol. The van der Waals surface area contributed by atoms with Crippen molar-refractivity contribution in [2.75, 3.05) is 5.75 Å². The van der Waals surface area contributed by atoms with Crippen molar-refractivity contribution in [2.24, 2.45) is 35.6 Å². The first kappa shape index (κ1) is 24.5. The maximum absolute atomic E-state index is 13.7. The molecule has 0 amide bonds. The van der Waals surface area contributed by atoms with Crippen LogP contribution >= 0.6 is 11.8 Å². The lowest BCUT2D eigenvalue weighted by molar-refractivity contribution is -0.177. The Balaban J connectivity index is 1.14. The predicted octanol–water partition coefficient (Wildman–Crippen LogP) is 4.20. The lowest BCUT2D eigenvalue weighted by Crippen LogP contribution is -2.62. The number of aliphatic hydroxyl groups is 2. The van der Waals surface area contributed by atoms with Gasteiger partial charge in [-0.25, -0.2) is 4.98 Å². The van der Waals surface area contributed by atoms with Gasteiger partial charge in [-0.3, -0.25) is 9.48 Å². The summed E-state index contributed by atoms with van der Waals surface area (Å²) in [5.41, 5.74) is 2.64. The van der Waals surface area contributed by atoms with Crippen molar-refractivity contribution < 1.29 is 19.4 Å². The van der Waals surface area contributed by atoms with Gasteiger partial charge in [0.15, 0.2) is 17.0 Å². The molecule has 6 unspecified atom stereocenters. The molecule has 3 aromatic rings. The summed E-state index contributed by atoms with van der Waals surface area (Å²) in [7, 11) is 1.99. The molecule has 0 saturated heterocycles. The molecule has 0 aromatic carbocycles. The zero-order valence-electron chi connectivity index (χ0n) is 22.1. The van der Waals surface area contributed by atoms with E-state index in [1.54, 1.807) is 18.3 Å². The molecular weight excluding hydrogens is 500 g/mol. The van der Waals surface area contributed by atoms with Gasteiger partial charge in [0.1, 0.15) is 5.60 Å². The van der Waals surface area contributed by atoms with E-state index < -0.39 is 17.1 Å². The fourth-order valence-electron chi connectivity index (χ4n) is 8.84. The van der Waals surface area contributed by atoms with Gasteiger partial charge in [-0.1, -0.05) is 31.2 Å².